The van der Waals surface area contributed by atoms with E-state index < -0.39 is 5.60 Å². The summed E-state index contributed by atoms with van der Waals surface area (Å²) in [7, 11) is 0. The zero-order chi connectivity index (χ0) is 25.3. The van der Waals surface area contributed by atoms with Gasteiger partial charge in [0.2, 0.25) is 0 Å². The average molecular weight is 482 g/mol. The van der Waals surface area contributed by atoms with Crippen LogP contribution in [0.3, 0.4) is 0 Å². The van der Waals surface area contributed by atoms with Gasteiger partial charge < -0.3 is 25.0 Å². The Morgan fingerprint density at radius 3 is 2.20 bits per heavy atom. The molecule has 1 aliphatic rings. The maximum absolute atomic E-state index is 12.3. The number of nitrogens with one attached hydrogen (secondary N) is 2. The second kappa shape index (κ2) is 12.9. The van der Waals surface area contributed by atoms with Crippen molar-refractivity contribution in [3.05, 3.63) is 65.2 Å². The molecule has 0 bridgehead atoms. The van der Waals surface area contributed by atoms with Gasteiger partial charge in [0.15, 0.2) is 0 Å². The molecular weight excluding hydrogens is 438 g/mol. The lowest BCUT2D eigenvalue weighted by Crippen LogP contribution is -2.46. The summed E-state index contributed by atoms with van der Waals surface area (Å²) in [6.07, 6.45) is 1.68. The van der Waals surface area contributed by atoms with Gasteiger partial charge >= 0.3 is 6.09 Å². The van der Waals surface area contributed by atoms with Crippen LogP contribution in [-0.4, -0.2) is 42.3 Å². The fourth-order valence-electron chi connectivity index (χ4n) is 4.06. The predicted octanol–water partition coefficient (Wildman–Crippen LogP) is 5.50. The minimum absolute atomic E-state index is 0.204. The first-order valence-electron chi connectivity index (χ1n) is 12.9. The lowest BCUT2D eigenvalue weighted by atomic mass is 10.0. The summed E-state index contributed by atoms with van der Waals surface area (Å²) in [6.45, 7) is 14.7. The van der Waals surface area contributed by atoms with Crippen molar-refractivity contribution < 1.29 is 14.3 Å². The molecule has 1 amide bonds. The van der Waals surface area contributed by atoms with Crippen LogP contribution in [0, 0.1) is 5.92 Å². The number of likely N-dealkylation sites (tertiary alicyclic amines) is 1. The highest BCUT2D eigenvalue weighted by molar-refractivity contribution is 5.68. The number of ether oxygens (including phenoxy) is 2. The third-order valence-corrected chi connectivity index (χ3v) is 6.00. The molecule has 2 N–H and O–H groups in total. The Kier molecular flexibility index (Phi) is 9.99. The van der Waals surface area contributed by atoms with Crippen molar-refractivity contribution >= 4 is 6.09 Å². The van der Waals surface area contributed by atoms with Crippen molar-refractivity contribution in [2.75, 3.05) is 19.7 Å². The van der Waals surface area contributed by atoms with Gasteiger partial charge in [-0.2, -0.15) is 0 Å². The minimum atomic E-state index is -0.449. The molecule has 1 heterocycles. The van der Waals surface area contributed by atoms with Crippen molar-refractivity contribution in [1.82, 2.24) is 15.5 Å². The topological polar surface area (TPSA) is 62.8 Å². The normalized spacial score (nSPS) is 14.9. The Morgan fingerprint density at radius 1 is 0.971 bits per heavy atom. The number of carbonyl (C=O) groups is 1. The largest absolute Gasteiger partial charge is 0.493 e. The Labute approximate surface area is 211 Å². The summed E-state index contributed by atoms with van der Waals surface area (Å²) in [5.74, 6) is 1.45. The maximum atomic E-state index is 12.3. The molecule has 0 spiro atoms. The predicted molar refractivity (Wildman–Crippen MR) is 141 cm³/mol. The van der Waals surface area contributed by atoms with Gasteiger partial charge in [0.1, 0.15) is 11.4 Å². The average Bonchev–Trinajstić information content (AvgIpc) is 2.82. The van der Waals surface area contributed by atoms with Crippen LogP contribution in [0.2, 0.25) is 0 Å². The highest BCUT2D eigenvalue weighted by Gasteiger charge is 2.26. The zero-order valence-electron chi connectivity index (χ0n) is 22.1. The van der Waals surface area contributed by atoms with Crippen molar-refractivity contribution in [3.8, 4) is 5.75 Å². The Hall–Kier alpha value is -2.57. The van der Waals surface area contributed by atoms with Crippen LogP contribution in [-0.2, 0) is 24.4 Å². The van der Waals surface area contributed by atoms with Crippen LogP contribution in [0.25, 0.3) is 0 Å². The molecule has 1 fully saturated rings. The molecule has 0 radical (unpaired) electrons. The first kappa shape index (κ1) is 27.0. The van der Waals surface area contributed by atoms with Crippen molar-refractivity contribution in [1.29, 1.82) is 0 Å². The molecule has 0 aliphatic carbocycles. The Balaban J connectivity index is 1.41. The van der Waals surface area contributed by atoms with Gasteiger partial charge in [-0.3, -0.25) is 0 Å². The molecule has 35 heavy (non-hydrogen) atoms. The molecule has 2 aromatic carbocycles. The standard InChI is InChI=1S/C29H43N3O3/c1-22(2)21-34-27-12-10-23(11-13-27)18-30-19-24-8-6-7-9-25(24)20-31-26-14-16-32(17-15-26)28(33)35-29(3,4)5/h6-13,22,26,30-31H,14-21H2,1-5H3. The smallest absolute Gasteiger partial charge is 0.410 e. The van der Waals surface area contributed by atoms with Crippen molar-refractivity contribution in [3.63, 3.8) is 0 Å². The van der Waals surface area contributed by atoms with Gasteiger partial charge in [-0.25, -0.2) is 4.79 Å². The van der Waals surface area contributed by atoms with Crippen LogP contribution >= 0.6 is 0 Å². The van der Waals surface area contributed by atoms with Crippen LogP contribution < -0.4 is 15.4 Å². The molecule has 6 nitrogen and oxygen atoms in total. The van der Waals surface area contributed by atoms with Crippen molar-refractivity contribution in [2.45, 2.75) is 78.7 Å². The highest BCUT2D eigenvalue weighted by atomic mass is 16.6. The molecule has 0 saturated carbocycles. The Morgan fingerprint density at radius 2 is 1.60 bits per heavy atom. The lowest BCUT2D eigenvalue weighted by molar-refractivity contribution is 0.0198. The monoisotopic (exact) mass is 481 g/mol. The number of hydrogen-bond donors (Lipinski definition) is 2. The van der Waals surface area contributed by atoms with Crippen LogP contribution in [0.1, 0.15) is 64.2 Å². The SMILES string of the molecule is CC(C)COc1ccc(CNCc2ccccc2CNC2CCN(C(=O)OC(C)(C)C)CC2)cc1. The number of rotatable bonds is 10. The second-order valence-corrected chi connectivity index (χ2v) is 10.8. The molecule has 1 aliphatic heterocycles. The molecule has 6 heteroatoms. The Bertz CT molecular complexity index is 914. The van der Waals surface area contributed by atoms with E-state index in [0.29, 0.717) is 12.0 Å². The molecule has 2 aromatic rings. The summed E-state index contributed by atoms with van der Waals surface area (Å²) in [6, 6.07) is 17.3. The summed E-state index contributed by atoms with van der Waals surface area (Å²) in [4.78, 5) is 14.1. The van der Waals surface area contributed by atoms with E-state index in [-0.39, 0.29) is 6.09 Å². The summed E-state index contributed by atoms with van der Waals surface area (Å²) in [5, 5.41) is 7.28. The molecule has 0 aromatic heterocycles. The third-order valence-electron chi connectivity index (χ3n) is 6.00. The zero-order valence-corrected chi connectivity index (χ0v) is 22.1. The van der Waals surface area contributed by atoms with Crippen LogP contribution in [0.15, 0.2) is 48.5 Å². The van der Waals surface area contributed by atoms with Gasteiger partial charge in [0.25, 0.3) is 0 Å². The fourth-order valence-corrected chi connectivity index (χ4v) is 4.06. The number of hydrogen-bond acceptors (Lipinski definition) is 5. The minimum Gasteiger partial charge on any atom is -0.493 e. The molecule has 3 rings (SSSR count). The quantitative estimate of drug-likeness (QED) is 0.469. The second-order valence-electron chi connectivity index (χ2n) is 10.8. The lowest BCUT2D eigenvalue weighted by Gasteiger charge is -2.34. The molecular formula is C29H43N3O3. The number of amides is 1. The van der Waals surface area contributed by atoms with E-state index in [1.807, 2.05) is 37.8 Å². The number of carbonyl (C=O) groups excluding carboxylic acids is 1. The number of nitrogens with zero attached hydrogens (tertiary/aromatic N) is 1. The van der Waals surface area contributed by atoms with Gasteiger partial charge in [-0.05, 0) is 68.4 Å². The maximum Gasteiger partial charge on any atom is 0.410 e. The van der Waals surface area contributed by atoms with E-state index >= 15 is 0 Å². The van der Waals surface area contributed by atoms with Gasteiger partial charge in [0.05, 0.1) is 6.61 Å². The molecule has 0 unspecified atom stereocenters. The van der Waals surface area contributed by atoms with Gasteiger partial charge in [-0.15, -0.1) is 0 Å². The van der Waals surface area contributed by atoms with Crippen LogP contribution in [0.4, 0.5) is 4.79 Å². The number of benzene rings is 2. The van der Waals surface area contributed by atoms with E-state index in [2.05, 4.69) is 60.9 Å². The first-order chi connectivity index (χ1) is 16.7. The molecule has 192 valence electrons. The van der Waals surface area contributed by atoms with E-state index in [1.54, 1.807) is 0 Å². The van der Waals surface area contributed by atoms with Crippen molar-refractivity contribution in [2.24, 2.45) is 5.92 Å². The first-order valence-corrected chi connectivity index (χ1v) is 12.9. The van der Waals surface area contributed by atoms with Gasteiger partial charge in [-0.1, -0.05) is 50.2 Å². The number of piperidine rings is 1. The molecule has 0 atom stereocenters. The van der Waals surface area contributed by atoms with E-state index in [4.69, 9.17) is 9.47 Å². The summed E-state index contributed by atoms with van der Waals surface area (Å²) < 4.78 is 11.3. The third kappa shape index (κ3) is 9.54. The fraction of sp³-hybridized carbons (Fsp3) is 0.552. The van der Waals surface area contributed by atoms with E-state index in [9.17, 15) is 4.79 Å². The highest BCUT2D eigenvalue weighted by Crippen LogP contribution is 2.17. The summed E-state index contributed by atoms with van der Waals surface area (Å²) >= 11 is 0. The van der Waals surface area contributed by atoms with E-state index in [0.717, 1.165) is 57.9 Å². The summed E-state index contributed by atoms with van der Waals surface area (Å²) in [5.41, 5.74) is 3.42. The van der Waals surface area contributed by atoms with Crippen LogP contribution in [0.5, 0.6) is 5.75 Å². The van der Waals surface area contributed by atoms with E-state index in [1.165, 1.54) is 16.7 Å². The molecule has 1 saturated heterocycles. The van der Waals surface area contributed by atoms with Gasteiger partial charge in [0, 0.05) is 38.8 Å².